The third kappa shape index (κ3) is 3.23. The van der Waals surface area contributed by atoms with Crippen LogP contribution in [0.2, 0.25) is 0 Å². The highest BCUT2D eigenvalue weighted by Gasteiger charge is 2.23. The molecule has 3 aromatic heterocycles. The van der Waals surface area contributed by atoms with Gasteiger partial charge in [0.15, 0.2) is 0 Å². The summed E-state index contributed by atoms with van der Waals surface area (Å²) < 4.78 is 1.18. The minimum absolute atomic E-state index is 0.0170. The van der Waals surface area contributed by atoms with Gasteiger partial charge in [-0.2, -0.15) is 0 Å². The normalized spacial score (nSPS) is 17.5. The highest BCUT2D eigenvalue weighted by molar-refractivity contribution is 7.20. The second-order valence-electron chi connectivity index (χ2n) is 7.62. The average molecular weight is 391 g/mol. The van der Waals surface area contributed by atoms with Gasteiger partial charge in [-0.3, -0.25) is 14.8 Å². The largest absolute Gasteiger partial charge is 0.349 e. The van der Waals surface area contributed by atoms with Crippen molar-refractivity contribution in [1.29, 1.82) is 0 Å². The summed E-state index contributed by atoms with van der Waals surface area (Å²) >= 11 is 1.74. The van der Waals surface area contributed by atoms with Crippen molar-refractivity contribution in [3.8, 4) is 0 Å². The quantitative estimate of drug-likeness (QED) is 0.744. The number of carbonyl (C=O) groups is 1. The lowest BCUT2D eigenvalue weighted by molar-refractivity contribution is 0.0916. The molecule has 1 saturated heterocycles. The van der Waals surface area contributed by atoms with Gasteiger partial charge in [-0.15, -0.1) is 11.3 Å². The lowest BCUT2D eigenvalue weighted by Gasteiger charge is -2.29. The van der Waals surface area contributed by atoms with E-state index < -0.39 is 0 Å². The van der Waals surface area contributed by atoms with E-state index >= 15 is 0 Å². The van der Waals surface area contributed by atoms with Crippen molar-refractivity contribution in [2.75, 3.05) is 20.1 Å². The lowest BCUT2D eigenvalue weighted by atomic mass is 10.0. The Labute approximate surface area is 168 Å². The Hall–Kier alpha value is -2.57. The average Bonchev–Trinajstić information content (AvgIpc) is 3.32. The van der Waals surface area contributed by atoms with Crippen LogP contribution in [-0.2, 0) is 6.42 Å². The molecule has 4 heterocycles. The molecule has 1 fully saturated rings. The molecule has 1 N–H and O–H groups in total. The molecule has 0 spiro atoms. The van der Waals surface area contributed by atoms with Gasteiger partial charge in [-0.1, -0.05) is 6.08 Å². The first-order chi connectivity index (χ1) is 13.7. The molecule has 1 amide bonds. The molecule has 5 rings (SSSR count). The van der Waals surface area contributed by atoms with E-state index in [9.17, 15) is 4.79 Å². The van der Waals surface area contributed by atoms with Gasteiger partial charge in [-0.05, 0) is 62.1 Å². The third-order valence-corrected chi connectivity index (χ3v) is 6.78. The van der Waals surface area contributed by atoms with Gasteiger partial charge in [0, 0.05) is 41.5 Å². The number of amides is 1. The van der Waals surface area contributed by atoms with Crippen LogP contribution in [0.15, 0.2) is 42.9 Å². The van der Waals surface area contributed by atoms with Gasteiger partial charge >= 0.3 is 0 Å². The predicted octanol–water partition coefficient (Wildman–Crippen LogP) is 3.50. The highest BCUT2D eigenvalue weighted by atomic mass is 32.1. The number of fused-ring (bicyclic) bond motifs is 2. The fraction of sp³-hybridized carbons (Fsp3) is 0.318. The Kier molecular flexibility index (Phi) is 4.45. The van der Waals surface area contributed by atoms with Crippen molar-refractivity contribution in [1.82, 2.24) is 20.2 Å². The molecule has 0 atom stereocenters. The maximum Gasteiger partial charge on any atom is 0.253 e. The van der Waals surface area contributed by atoms with Gasteiger partial charge in [0.05, 0.1) is 16.0 Å². The Morgan fingerprint density at radius 1 is 1.25 bits per heavy atom. The number of likely N-dealkylation sites (tertiary alicyclic amines) is 1. The topological polar surface area (TPSA) is 58.1 Å². The maximum absolute atomic E-state index is 12.8. The first-order valence-electron chi connectivity index (χ1n) is 9.70. The fourth-order valence-corrected chi connectivity index (χ4v) is 5.08. The third-order valence-electron chi connectivity index (χ3n) is 5.66. The van der Waals surface area contributed by atoms with E-state index in [1.54, 1.807) is 17.5 Å². The maximum atomic E-state index is 12.8. The van der Waals surface area contributed by atoms with E-state index in [4.69, 9.17) is 0 Å². The van der Waals surface area contributed by atoms with Gasteiger partial charge in [0.25, 0.3) is 5.91 Å². The summed E-state index contributed by atoms with van der Waals surface area (Å²) in [6.45, 7) is 2.06. The second kappa shape index (κ2) is 7.11. The van der Waals surface area contributed by atoms with Crippen molar-refractivity contribution in [3.05, 3.63) is 64.6 Å². The van der Waals surface area contributed by atoms with Crippen molar-refractivity contribution in [3.63, 3.8) is 0 Å². The van der Waals surface area contributed by atoms with Crippen molar-refractivity contribution in [2.45, 2.75) is 25.3 Å². The van der Waals surface area contributed by atoms with Crippen LogP contribution in [0.25, 0.3) is 15.7 Å². The number of hydrogen-bond donors (Lipinski definition) is 1. The summed E-state index contributed by atoms with van der Waals surface area (Å²) in [4.78, 5) is 25.1. The van der Waals surface area contributed by atoms with E-state index in [2.05, 4.69) is 39.4 Å². The van der Waals surface area contributed by atoms with E-state index in [-0.39, 0.29) is 11.9 Å². The van der Waals surface area contributed by atoms with Crippen LogP contribution in [0, 0.1) is 0 Å². The van der Waals surface area contributed by atoms with E-state index in [1.165, 1.54) is 20.5 Å². The second-order valence-corrected chi connectivity index (χ2v) is 8.70. The van der Waals surface area contributed by atoms with E-state index in [0.29, 0.717) is 5.56 Å². The summed E-state index contributed by atoms with van der Waals surface area (Å²) in [6, 6.07) is 6.50. The number of piperidine rings is 1. The molecule has 28 heavy (non-hydrogen) atoms. The van der Waals surface area contributed by atoms with Crippen LogP contribution in [0.3, 0.4) is 0 Å². The predicted molar refractivity (Wildman–Crippen MR) is 113 cm³/mol. The van der Waals surface area contributed by atoms with Crippen LogP contribution < -0.4 is 5.32 Å². The number of pyridine rings is 2. The molecule has 0 radical (unpaired) electrons. The number of hydrogen-bond acceptors (Lipinski definition) is 5. The molecular formula is C22H22N4OS. The summed E-state index contributed by atoms with van der Waals surface area (Å²) in [5.41, 5.74) is 3.95. The Morgan fingerprint density at radius 3 is 2.93 bits per heavy atom. The smallest absolute Gasteiger partial charge is 0.253 e. The summed E-state index contributed by atoms with van der Waals surface area (Å²) in [6.07, 6.45) is 10.5. The number of allylic oxidation sites excluding steroid dienone is 1. The first kappa shape index (κ1) is 17.5. The number of nitrogens with one attached hydrogen (secondary N) is 1. The molecule has 142 valence electrons. The van der Waals surface area contributed by atoms with E-state index in [0.717, 1.165) is 43.6 Å². The summed E-state index contributed by atoms with van der Waals surface area (Å²) in [5.74, 6) is -0.0170. The zero-order valence-corrected chi connectivity index (χ0v) is 16.6. The van der Waals surface area contributed by atoms with Crippen molar-refractivity contribution < 1.29 is 4.79 Å². The molecule has 2 aliphatic rings. The Morgan fingerprint density at radius 2 is 2.11 bits per heavy atom. The zero-order valence-electron chi connectivity index (χ0n) is 15.8. The molecule has 0 aromatic carbocycles. The summed E-state index contributed by atoms with van der Waals surface area (Å²) in [5, 5.41) is 4.39. The number of thiophene rings is 1. The monoisotopic (exact) mass is 390 g/mol. The van der Waals surface area contributed by atoms with Crippen molar-refractivity contribution in [2.24, 2.45) is 0 Å². The molecule has 1 aliphatic heterocycles. The fourth-order valence-electron chi connectivity index (χ4n) is 3.99. The SMILES string of the molecule is CN1CCC(NC(=O)c2cnc3c(c2)C(c2cc4ccncc4s2)=CC3)CC1. The minimum atomic E-state index is -0.0170. The zero-order chi connectivity index (χ0) is 19.1. The van der Waals surface area contributed by atoms with Gasteiger partial charge in [-0.25, -0.2) is 0 Å². The Bertz CT molecular complexity index is 1050. The molecule has 6 heteroatoms. The minimum Gasteiger partial charge on any atom is -0.349 e. The lowest BCUT2D eigenvalue weighted by Crippen LogP contribution is -2.43. The molecule has 0 saturated carbocycles. The van der Waals surface area contributed by atoms with Gasteiger partial charge in [0.1, 0.15) is 0 Å². The standard InChI is InChI=1S/C22H22N4OS/c1-26-8-5-16(6-9-26)25-22(27)15-10-18-17(2-3-19(18)24-12-15)20-11-14-4-7-23-13-21(14)28-20/h2,4,7,10-13,16H,3,5-6,8-9H2,1H3,(H,25,27). The van der Waals surface area contributed by atoms with Gasteiger partial charge in [0.2, 0.25) is 0 Å². The Balaban J connectivity index is 1.40. The van der Waals surface area contributed by atoms with Crippen molar-refractivity contribution >= 4 is 32.9 Å². The number of aromatic nitrogens is 2. The van der Waals surface area contributed by atoms with E-state index in [1.807, 2.05) is 24.5 Å². The molecule has 5 nitrogen and oxygen atoms in total. The number of nitrogens with zero attached hydrogens (tertiary/aromatic N) is 3. The van der Waals surface area contributed by atoms with Crippen LogP contribution in [0.4, 0.5) is 0 Å². The van der Waals surface area contributed by atoms with Crippen LogP contribution in [-0.4, -0.2) is 47.0 Å². The molecule has 3 aromatic rings. The number of carbonyl (C=O) groups excluding carboxylic acids is 1. The van der Waals surface area contributed by atoms with Gasteiger partial charge < -0.3 is 10.2 Å². The highest BCUT2D eigenvalue weighted by Crippen LogP contribution is 2.38. The van der Waals surface area contributed by atoms with Crippen LogP contribution >= 0.6 is 11.3 Å². The molecule has 1 aliphatic carbocycles. The number of rotatable bonds is 3. The molecule has 0 unspecified atom stereocenters. The molecule has 0 bridgehead atoms. The van der Waals surface area contributed by atoms with Crippen LogP contribution in [0.5, 0.6) is 0 Å². The summed E-state index contributed by atoms with van der Waals surface area (Å²) in [7, 11) is 2.13. The first-order valence-corrected chi connectivity index (χ1v) is 10.5. The van der Waals surface area contributed by atoms with Crippen LogP contribution in [0.1, 0.15) is 39.3 Å². The molecular weight excluding hydrogens is 368 g/mol.